The van der Waals surface area contributed by atoms with Crippen LogP contribution in [0.4, 0.5) is 0 Å². The summed E-state index contributed by atoms with van der Waals surface area (Å²) in [5.74, 6) is -1.05. The SMILES string of the molecule is CC(OC[C@H](N)C(=O)O)c1ccccc1. The Morgan fingerprint density at radius 3 is 2.60 bits per heavy atom. The highest BCUT2D eigenvalue weighted by Gasteiger charge is 2.13. The molecule has 0 saturated heterocycles. The third kappa shape index (κ3) is 3.69. The van der Waals surface area contributed by atoms with Crippen LogP contribution in [0.15, 0.2) is 30.3 Å². The molecule has 1 rings (SSSR count). The minimum atomic E-state index is -1.05. The van der Waals surface area contributed by atoms with Gasteiger partial charge >= 0.3 is 5.97 Å². The van der Waals surface area contributed by atoms with Gasteiger partial charge in [-0.15, -0.1) is 0 Å². The quantitative estimate of drug-likeness (QED) is 0.763. The molecule has 0 heterocycles. The van der Waals surface area contributed by atoms with E-state index in [0.29, 0.717) is 0 Å². The third-order valence-corrected chi connectivity index (χ3v) is 2.11. The van der Waals surface area contributed by atoms with Crippen molar-refractivity contribution < 1.29 is 14.6 Å². The first-order valence-electron chi connectivity index (χ1n) is 4.76. The lowest BCUT2D eigenvalue weighted by atomic mass is 10.1. The molecule has 0 saturated carbocycles. The maximum Gasteiger partial charge on any atom is 0.322 e. The summed E-state index contributed by atoms with van der Waals surface area (Å²) in [6.45, 7) is 1.88. The second kappa shape index (κ2) is 5.48. The molecule has 1 aromatic carbocycles. The lowest BCUT2D eigenvalue weighted by molar-refractivity contribution is -0.140. The van der Waals surface area contributed by atoms with Crippen molar-refractivity contribution in [1.82, 2.24) is 0 Å². The Balaban J connectivity index is 2.43. The van der Waals surface area contributed by atoms with Gasteiger partial charge in [0.1, 0.15) is 6.04 Å². The smallest absolute Gasteiger partial charge is 0.322 e. The van der Waals surface area contributed by atoms with E-state index >= 15 is 0 Å². The first-order chi connectivity index (χ1) is 7.11. The number of carboxylic acid groups (broad SMARTS) is 1. The molecular formula is C11H15NO3. The highest BCUT2D eigenvalue weighted by atomic mass is 16.5. The molecule has 4 nitrogen and oxygen atoms in total. The Hall–Kier alpha value is -1.39. The Labute approximate surface area is 88.7 Å². The average molecular weight is 209 g/mol. The molecule has 1 aromatic rings. The van der Waals surface area contributed by atoms with Gasteiger partial charge in [-0.05, 0) is 12.5 Å². The van der Waals surface area contributed by atoms with Crippen LogP contribution in [-0.2, 0) is 9.53 Å². The molecule has 0 radical (unpaired) electrons. The Morgan fingerprint density at radius 1 is 1.47 bits per heavy atom. The minimum Gasteiger partial charge on any atom is -0.480 e. The lowest BCUT2D eigenvalue weighted by Crippen LogP contribution is -2.35. The summed E-state index contributed by atoms with van der Waals surface area (Å²) in [4.78, 5) is 10.4. The van der Waals surface area contributed by atoms with Crippen molar-refractivity contribution in [1.29, 1.82) is 0 Å². The second-order valence-corrected chi connectivity index (χ2v) is 3.33. The number of nitrogens with two attached hydrogens (primary N) is 1. The summed E-state index contributed by atoms with van der Waals surface area (Å²) in [5.41, 5.74) is 6.33. The fourth-order valence-corrected chi connectivity index (χ4v) is 1.14. The topological polar surface area (TPSA) is 72.5 Å². The van der Waals surface area contributed by atoms with Gasteiger partial charge in [-0.3, -0.25) is 4.79 Å². The molecular weight excluding hydrogens is 194 g/mol. The van der Waals surface area contributed by atoms with E-state index in [0.717, 1.165) is 5.56 Å². The van der Waals surface area contributed by atoms with Gasteiger partial charge < -0.3 is 15.6 Å². The normalized spacial score (nSPS) is 14.5. The van der Waals surface area contributed by atoms with Gasteiger partial charge in [-0.25, -0.2) is 0 Å². The zero-order chi connectivity index (χ0) is 11.3. The van der Waals surface area contributed by atoms with Crippen LogP contribution in [0.2, 0.25) is 0 Å². The average Bonchev–Trinajstić information content (AvgIpc) is 2.26. The van der Waals surface area contributed by atoms with Gasteiger partial charge in [-0.1, -0.05) is 30.3 Å². The maximum absolute atomic E-state index is 10.4. The standard InChI is InChI=1S/C11H15NO3/c1-8(9-5-3-2-4-6-9)15-7-10(12)11(13)14/h2-6,8,10H,7,12H2,1H3,(H,13,14)/t8?,10-/m0/s1. The van der Waals surface area contributed by atoms with Gasteiger partial charge in [0.25, 0.3) is 0 Å². The highest BCUT2D eigenvalue weighted by molar-refractivity contribution is 5.73. The zero-order valence-electron chi connectivity index (χ0n) is 8.59. The van der Waals surface area contributed by atoms with Crippen molar-refractivity contribution in [3.8, 4) is 0 Å². The molecule has 1 unspecified atom stereocenters. The molecule has 0 fully saturated rings. The van der Waals surface area contributed by atoms with Gasteiger partial charge in [0.2, 0.25) is 0 Å². The second-order valence-electron chi connectivity index (χ2n) is 3.33. The van der Waals surface area contributed by atoms with Crippen molar-refractivity contribution >= 4 is 5.97 Å². The van der Waals surface area contributed by atoms with Crippen LogP contribution in [0.3, 0.4) is 0 Å². The number of aliphatic carboxylic acids is 1. The Kier molecular flexibility index (Phi) is 4.27. The van der Waals surface area contributed by atoms with E-state index in [-0.39, 0.29) is 12.7 Å². The molecule has 0 aliphatic heterocycles. The summed E-state index contributed by atoms with van der Waals surface area (Å²) in [6.07, 6.45) is -0.142. The van der Waals surface area contributed by atoms with Crippen LogP contribution >= 0.6 is 0 Å². The molecule has 82 valence electrons. The molecule has 2 atom stereocenters. The van der Waals surface area contributed by atoms with E-state index in [2.05, 4.69) is 0 Å². The van der Waals surface area contributed by atoms with Crippen LogP contribution in [0.5, 0.6) is 0 Å². The van der Waals surface area contributed by atoms with E-state index in [1.807, 2.05) is 37.3 Å². The van der Waals surface area contributed by atoms with Crippen LogP contribution in [0, 0.1) is 0 Å². The lowest BCUT2D eigenvalue weighted by Gasteiger charge is -2.14. The number of carbonyl (C=O) groups is 1. The predicted molar refractivity (Wildman–Crippen MR) is 56.4 cm³/mol. The molecule has 0 amide bonds. The summed E-state index contributed by atoms with van der Waals surface area (Å²) in [7, 11) is 0. The first kappa shape index (κ1) is 11.7. The third-order valence-electron chi connectivity index (χ3n) is 2.11. The van der Waals surface area contributed by atoms with E-state index in [9.17, 15) is 4.79 Å². The van der Waals surface area contributed by atoms with Crippen LogP contribution in [0.25, 0.3) is 0 Å². The number of ether oxygens (including phenoxy) is 1. The Morgan fingerprint density at radius 2 is 2.07 bits per heavy atom. The van der Waals surface area contributed by atoms with Gasteiger partial charge in [-0.2, -0.15) is 0 Å². The summed E-state index contributed by atoms with van der Waals surface area (Å²) >= 11 is 0. The fourth-order valence-electron chi connectivity index (χ4n) is 1.14. The summed E-state index contributed by atoms with van der Waals surface area (Å²) in [6, 6.07) is 8.63. The molecule has 15 heavy (non-hydrogen) atoms. The summed E-state index contributed by atoms with van der Waals surface area (Å²) < 4.78 is 5.35. The minimum absolute atomic E-state index is 0.0192. The van der Waals surface area contributed by atoms with Crippen LogP contribution < -0.4 is 5.73 Å². The maximum atomic E-state index is 10.4. The molecule has 0 bridgehead atoms. The first-order valence-corrected chi connectivity index (χ1v) is 4.76. The Bertz CT molecular complexity index is 313. The largest absolute Gasteiger partial charge is 0.480 e. The summed E-state index contributed by atoms with van der Waals surface area (Å²) in [5, 5.41) is 8.56. The van der Waals surface area contributed by atoms with Crippen molar-refractivity contribution in [3.05, 3.63) is 35.9 Å². The number of hydrogen-bond donors (Lipinski definition) is 2. The molecule has 0 aliphatic carbocycles. The number of carboxylic acids is 1. The monoisotopic (exact) mass is 209 g/mol. The van der Waals surface area contributed by atoms with E-state index < -0.39 is 12.0 Å². The van der Waals surface area contributed by atoms with Crippen molar-refractivity contribution in [3.63, 3.8) is 0 Å². The van der Waals surface area contributed by atoms with E-state index in [4.69, 9.17) is 15.6 Å². The van der Waals surface area contributed by atoms with E-state index in [1.54, 1.807) is 0 Å². The number of benzene rings is 1. The molecule has 0 aliphatic rings. The molecule has 4 heteroatoms. The molecule has 3 N–H and O–H groups in total. The number of rotatable bonds is 5. The van der Waals surface area contributed by atoms with Crippen molar-refractivity contribution in [2.45, 2.75) is 19.1 Å². The fraction of sp³-hybridized carbons (Fsp3) is 0.364. The molecule has 0 spiro atoms. The van der Waals surface area contributed by atoms with Gasteiger partial charge in [0, 0.05) is 0 Å². The predicted octanol–water partition coefficient (Wildman–Crippen LogP) is 1.18. The van der Waals surface area contributed by atoms with Crippen molar-refractivity contribution in [2.75, 3.05) is 6.61 Å². The zero-order valence-corrected chi connectivity index (χ0v) is 8.59. The number of hydrogen-bond acceptors (Lipinski definition) is 3. The van der Waals surface area contributed by atoms with Crippen molar-refractivity contribution in [2.24, 2.45) is 5.73 Å². The van der Waals surface area contributed by atoms with Gasteiger partial charge in [0.05, 0.1) is 12.7 Å². The van der Waals surface area contributed by atoms with Crippen LogP contribution in [0.1, 0.15) is 18.6 Å². The van der Waals surface area contributed by atoms with E-state index in [1.165, 1.54) is 0 Å². The van der Waals surface area contributed by atoms with Gasteiger partial charge in [0.15, 0.2) is 0 Å². The molecule has 0 aromatic heterocycles. The highest BCUT2D eigenvalue weighted by Crippen LogP contribution is 2.15. The van der Waals surface area contributed by atoms with Crippen LogP contribution in [-0.4, -0.2) is 23.7 Å².